The summed E-state index contributed by atoms with van der Waals surface area (Å²) in [7, 11) is 0. The van der Waals surface area contributed by atoms with Gasteiger partial charge in [0.2, 0.25) is 0 Å². The molecule has 2 nitrogen and oxygen atoms in total. The second-order valence-corrected chi connectivity index (χ2v) is 3.63. The van der Waals surface area contributed by atoms with Crippen LogP contribution in [-0.2, 0) is 0 Å². The summed E-state index contributed by atoms with van der Waals surface area (Å²) in [5.41, 5.74) is 5.73. The first-order valence-corrected chi connectivity index (χ1v) is 4.18. The molecular formula is C7H14ClNO. The first kappa shape index (κ1) is 8.31. The average molecular weight is 164 g/mol. The number of nitrogens with two attached hydrogens (primary N) is 1. The van der Waals surface area contributed by atoms with Crippen molar-refractivity contribution in [1.82, 2.24) is 0 Å². The van der Waals surface area contributed by atoms with Crippen LogP contribution in [0.2, 0.25) is 0 Å². The molecule has 0 amide bonds. The first-order chi connectivity index (χ1) is 4.74. The molecule has 0 radical (unpaired) electrons. The van der Waals surface area contributed by atoms with Gasteiger partial charge in [0.1, 0.15) is 0 Å². The van der Waals surface area contributed by atoms with Gasteiger partial charge in [0.25, 0.3) is 0 Å². The fraction of sp³-hybridized carbons (Fsp3) is 1.00. The highest BCUT2D eigenvalue weighted by atomic mass is 35.5. The molecule has 1 aliphatic rings. The van der Waals surface area contributed by atoms with Crippen LogP contribution in [0.3, 0.4) is 0 Å². The normalized spacial score (nSPS) is 41.7. The van der Waals surface area contributed by atoms with E-state index < -0.39 is 0 Å². The standard InChI is InChI=1S/C7H14ClNO/c8-6-1-2-7(9)5(3-6)4-10/h5-7,10H,1-4,9H2/t5-,6?,7+/m0/s1. The minimum atomic E-state index is 0.167. The third-order valence-corrected chi connectivity index (χ3v) is 2.61. The molecule has 0 bridgehead atoms. The van der Waals surface area contributed by atoms with E-state index in [9.17, 15) is 0 Å². The van der Waals surface area contributed by atoms with Crippen molar-refractivity contribution < 1.29 is 5.11 Å². The predicted molar refractivity (Wildman–Crippen MR) is 42.0 cm³/mol. The zero-order valence-corrected chi connectivity index (χ0v) is 6.72. The van der Waals surface area contributed by atoms with Crippen molar-refractivity contribution in [3.8, 4) is 0 Å². The molecule has 1 saturated carbocycles. The van der Waals surface area contributed by atoms with Crippen LogP contribution in [0, 0.1) is 5.92 Å². The lowest BCUT2D eigenvalue weighted by Crippen LogP contribution is -2.38. The Kier molecular flexibility index (Phi) is 2.96. The maximum Gasteiger partial charge on any atom is 0.0474 e. The third-order valence-electron chi connectivity index (χ3n) is 2.21. The molecular weight excluding hydrogens is 150 g/mol. The summed E-state index contributed by atoms with van der Waals surface area (Å²) in [5.74, 6) is 0.233. The molecule has 3 heteroatoms. The van der Waals surface area contributed by atoms with Gasteiger partial charge in [-0.1, -0.05) is 0 Å². The molecule has 3 atom stereocenters. The molecule has 0 saturated heterocycles. The Hall–Kier alpha value is 0.210. The van der Waals surface area contributed by atoms with E-state index in [1.807, 2.05) is 0 Å². The van der Waals surface area contributed by atoms with Crippen LogP contribution in [0.15, 0.2) is 0 Å². The third kappa shape index (κ3) is 1.84. The van der Waals surface area contributed by atoms with E-state index in [-0.39, 0.29) is 23.9 Å². The summed E-state index contributed by atoms with van der Waals surface area (Å²) < 4.78 is 0. The molecule has 0 spiro atoms. The fourth-order valence-corrected chi connectivity index (χ4v) is 1.79. The summed E-state index contributed by atoms with van der Waals surface area (Å²) >= 11 is 5.89. The van der Waals surface area contributed by atoms with Crippen LogP contribution in [0.25, 0.3) is 0 Å². The maximum absolute atomic E-state index is 8.84. The highest BCUT2D eigenvalue weighted by Gasteiger charge is 2.25. The number of halogens is 1. The van der Waals surface area contributed by atoms with Crippen molar-refractivity contribution in [2.45, 2.75) is 30.7 Å². The molecule has 0 aromatic heterocycles. The zero-order valence-electron chi connectivity index (χ0n) is 5.96. The van der Waals surface area contributed by atoms with Gasteiger partial charge in [-0.2, -0.15) is 0 Å². The van der Waals surface area contributed by atoms with Gasteiger partial charge >= 0.3 is 0 Å². The van der Waals surface area contributed by atoms with Crippen LogP contribution in [0.5, 0.6) is 0 Å². The van der Waals surface area contributed by atoms with Crippen LogP contribution >= 0.6 is 11.6 Å². The molecule has 0 aliphatic heterocycles. The molecule has 1 fully saturated rings. The topological polar surface area (TPSA) is 46.2 Å². The van der Waals surface area contributed by atoms with Crippen LogP contribution in [-0.4, -0.2) is 23.1 Å². The molecule has 0 heterocycles. The number of aliphatic hydroxyl groups is 1. The van der Waals surface area contributed by atoms with Crippen molar-refractivity contribution in [3.63, 3.8) is 0 Å². The number of aliphatic hydroxyl groups excluding tert-OH is 1. The number of rotatable bonds is 1. The van der Waals surface area contributed by atoms with Gasteiger partial charge in [0.15, 0.2) is 0 Å². The first-order valence-electron chi connectivity index (χ1n) is 3.74. The second kappa shape index (κ2) is 3.56. The SMILES string of the molecule is N[C@@H]1CCC(Cl)C[C@H]1CO. The summed E-state index contributed by atoms with van der Waals surface area (Å²) in [4.78, 5) is 0. The lowest BCUT2D eigenvalue weighted by atomic mass is 9.85. The summed E-state index contributed by atoms with van der Waals surface area (Å²) in [6, 6.07) is 0.167. The fourth-order valence-electron chi connectivity index (χ4n) is 1.44. The molecule has 10 heavy (non-hydrogen) atoms. The van der Waals surface area contributed by atoms with E-state index in [0.717, 1.165) is 19.3 Å². The van der Waals surface area contributed by atoms with Gasteiger partial charge in [-0.05, 0) is 25.2 Å². The van der Waals surface area contributed by atoms with Gasteiger partial charge in [0.05, 0.1) is 0 Å². The molecule has 60 valence electrons. The Morgan fingerprint density at radius 2 is 2.20 bits per heavy atom. The van der Waals surface area contributed by atoms with E-state index in [1.54, 1.807) is 0 Å². The molecule has 0 aromatic rings. The Labute approximate surface area is 66.4 Å². The largest absolute Gasteiger partial charge is 0.396 e. The summed E-state index contributed by atoms with van der Waals surface area (Å²) in [5, 5.41) is 9.07. The van der Waals surface area contributed by atoms with Gasteiger partial charge in [-0.15, -0.1) is 11.6 Å². The van der Waals surface area contributed by atoms with Gasteiger partial charge in [0, 0.05) is 18.0 Å². The zero-order chi connectivity index (χ0) is 7.56. The lowest BCUT2D eigenvalue weighted by molar-refractivity contribution is 0.172. The van der Waals surface area contributed by atoms with Crippen LogP contribution in [0.4, 0.5) is 0 Å². The molecule has 0 aromatic carbocycles. The van der Waals surface area contributed by atoms with E-state index >= 15 is 0 Å². The van der Waals surface area contributed by atoms with Crippen molar-refractivity contribution in [2.75, 3.05) is 6.61 Å². The molecule has 1 unspecified atom stereocenters. The van der Waals surface area contributed by atoms with Crippen molar-refractivity contribution >= 4 is 11.6 Å². The van der Waals surface area contributed by atoms with Gasteiger partial charge in [-0.25, -0.2) is 0 Å². The Balaban J connectivity index is 2.38. The van der Waals surface area contributed by atoms with E-state index in [2.05, 4.69) is 0 Å². The minimum Gasteiger partial charge on any atom is -0.396 e. The Bertz CT molecular complexity index is 110. The highest BCUT2D eigenvalue weighted by molar-refractivity contribution is 6.20. The molecule has 1 rings (SSSR count). The second-order valence-electron chi connectivity index (χ2n) is 3.02. The van der Waals surface area contributed by atoms with Crippen molar-refractivity contribution in [1.29, 1.82) is 0 Å². The highest BCUT2D eigenvalue weighted by Crippen LogP contribution is 2.26. The van der Waals surface area contributed by atoms with Gasteiger partial charge < -0.3 is 10.8 Å². The number of alkyl halides is 1. The molecule has 3 N–H and O–H groups in total. The van der Waals surface area contributed by atoms with E-state index in [4.69, 9.17) is 22.4 Å². The van der Waals surface area contributed by atoms with Crippen LogP contribution in [0.1, 0.15) is 19.3 Å². The Morgan fingerprint density at radius 1 is 1.50 bits per heavy atom. The number of hydrogen-bond donors (Lipinski definition) is 2. The van der Waals surface area contributed by atoms with Crippen LogP contribution < -0.4 is 5.73 Å². The average Bonchev–Trinajstić information content (AvgIpc) is 1.94. The van der Waals surface area contributed by atoms with Gasteiger partial charge in [-0.3, -0.25) is 0 Å². The van der Waals surface area contributed by atoms with Crippen molar-refractivity contribution in [3.05, 3.63) is 0 Å². The van der Waals surface area contributed by atoms with E-state index in [0.29, 0.717) is 0 Å². The summed E-state index contributed by atoms with van der Waals surface area (Å²) in [6.07, 6.45) is 2.83. The van der Waals surface area contributed by atoms with E-state index in [1.165, 1.54) is 0 Å². The quantitative estimate of drug-likeness (QED) is 0.560. The summed E-state index contributed by atoms with van der Waals surface area (Å²) in [6.45, 7) is 0.185. The lowest BCUT2D eigenvalue weighted by Gasteiger charge is -2.29. The number of hydrogen-bond acceptors (Lipinski definition) is 2. The van der Waals surface area contributed by atoms with Crippen molar-refractivity contribution in [2.24, 2.45) is 11.7 Å². The Morgan fingerprint density at radius 3 is 2.70 bits per heavy atom. The smallest absolute Gasteiger partial charge is 0.0474 e. The maximum atomic E-state index is 8.84. The monoisotopic (exact) mass is 163 g/mol. The predicted octanol–water partition coefficient (Wildman–Crippen LogP) is 0.713. The minimum absolute atomic E-state index is 0.167. The molecule has 1 aliphatic carbocycles.